The molecule has 188 valence electrons. The second kappa shape index (κ2) is 12.2. The van der Waals surface area contributed by atoms with Crippen LogP contribution in [0.25, 0.3) is 0 Å². The van der Waals surface area contributed by atoms with Crippen LogP contribution in [0.3, 0.4) is 0 Å². The normalized spacial score (nSPS) is 10.9. The minimum absolute atomic E-state index is 0.00717. The summed E-state index contributed by atoms with van der Waals surface area (Å²) in [5, 5.41) is 7.85. The second-order valence-electron chi connectivity index (χ2n) is 7.75. The molecule has 0 aliphatic carbocycles. The maximum atomic E-state index is 12.9. The minimum atomic E-state index is -4.52. The van der Waals surface area contributed by atoms with Gasteiger partial charge in [0.05, 0.1) is 12.2 Å². The molecule has 0 fully saturated rings. The van der Waals surface area contributed by atoms with Gasteiger partial charge in [-0.25, -0.2) is 0 Å². The van der Waals surface area contributed by atoms with Gasteiger partial charge in [-0.1, -0.05) is 31.5 Å². The Kier molecular flexibility index (Phi) is 9.02. The number of nitrogens with one attached hydrogen (secondary N) is 3. The first kappa shape index (κ1) is 26.7. The Bertz CT molecular complexity index is 1250. The molecule has 3 N–H and O–H groups in total. The van der Waals surface area contributed by atoms with E-state index in [1.54, 1.807) is 36.4 Å². The molecule has 0 spiro atoms. The van der Waals surface area contributed by atoms with Gasteiger partial charge in [0.15, 0.2) is 5.11 Å². The number of hydrogen-bond acceptors (Lipinski definition) is 4. The van der Waals surface area contributed by atoms with Crippen LogP contribution in [-0.2, 0) is 6.18 Å². The van der Waals surface area contributed by atoms with Crippen molar-refractivity contribution < 1.29 is 27.5 Å². The smallest absolute Gasteiger partial charge is 0.416 e. The van der Waals surface area contributed by atoms with Crippen molar-refractivity contribution in [2.75, 3.05) is 17.2 Å². The van der Waals surface area contributed by atoms with Crippen LogP contribution in [0, 0.1) is 0 Å². The molecule has 0 atom stereocenters. The molecule has 3 aromatic rings. The number of unbranched alkanes of at least 4 members (excludes halogenated alkanes) is 1. The highest BCUT2D eigenvalue weighted by Gasteiger charge is 2.30. The Morgan fingerprint density at radius 2 is 1.50 bits per heavy atom. The highest BCUT2D eigenvalue weighted by atomic mass is 32.1. The predicted molar refractivity (Wildman–Crippen MR) is 136 cm³/mol. The van der Waals surface area contributed by atoms with Crippen LogP contribution in [0.4, 0.5) is 24.5 Å². The summed E-state index contributed by atoms with van der Waals surface area (Å²) in [6.07, 6.45) is -2.62. The summed E-state index contributed by atoms with van der Waals surface area (Å²) in [4.78, 5) is 25.1. The third-order valence-electron chi connectivity index (χ3n) is 4.92. The van der Waals surface area contributed by atoms with Gasteiger partial charge >= 0.3 is 6.18 Å². The lowest BCUT2D eigenvalue weighted by atomic mass is 10.1. The van der Waals surface area contributed by atoms with E-state index < -0.39 is 23.6 Å². The van der Waals surface area contributed by atoms with Crippen LogP contribution >= 0.6 is 12.2 Å². The van der Waals surface area contributed by atoms with Crippen molar-refractivity contribution in [1.82, 2.24) is 5.32 Å². The lowest BCUT2D eigenvalue weighted by Gasteiger charge is -2.12. The van der Waals surface area contributed by atoms with Gasteiger partial charge in [0.25, 0.3) is 11.8 Å². The number of carbonyl (C=O) groups excluding carboxylic acids is 2. The van der Waals surface area contributed by atoms with Gasteiger partial charge < -0.3 is 15.4 Å². The first-order valence-electron chi connectivity index (χ1n) is 11.1. The fourth-order valence-electron chi connectivity index (χ4n) is 3.11. The van der Waals surface area contributed by atoms with Gasteiger partial charge in [0.1, 0.15) is 5.75 Å². The van der Waals surface area contributed by atoms with Crippen LogP contribution in [0.1, 0.15) is 46.0 Å². The Balaban J connectivity index is 1.60. The van der Waals surface area contributed by atoms with Crippen LogP contribution in [0.2, 0.25) is 0 Å². The lowest BCUT2D eigenvalue weighted by Crippen LogP contribution is -2.34. The van der Waals surface area contributed by atoms with Crippen molar-refractivity contribution in [3.8, 4) is 5.75 Å². The van der Waals surface area contributed by atoms with E-state index in [-0.39, 0.29) is 16.4 Å². The molecular weight excluding hydrogens is 491 g/mol. The Labute approximate surface area is 211 Å². The standard InChI is InChI=1S/C26H24F3N3O3S/c1-2-3-13-35-22-12-5-8-18(15-22)24(34)32-25(36)31-20-10-4-7-17(14-20)23(33)30-21-11-6-9-19(16-21)26(27,28)29/h4-12,14-16H,2-3,13H2,1H3,(H,30,33)(H2,31,32,34,36). The summed E-state index contributed by atoms with van der Waals surface area (Å²) in [7, 11) is 0. The van der Waals surface area contributed by atoms with E-state index in [1.165, 1.54) is 24.3 Å². The fraction of sp³-hybridized carbons (Fsp3) is 0.192. The Morgan fingerprint density at radius 1 is 0.861 bits per heavy atom. The highest BCUT2D eigenvalue weighted by Crippen LogP contribution is 2.30. The van der Waals surface area contributed by atoms with Gasteiger partial charge in [-0.05, 0) is 73.2 Å². The summed E-state index contributed by atoms with van der Waals surface area (Å²) >= 11 is 5.21. The Hall–Kier alpha value is -3.92. The zero-order valence-electron chi connectivity index (χ0n) is 19.3. The summed E-state index contributed by atoms with van der Waals surface area (Å²) in [5.74, 6) is -0.464. The second-order valence-corrected chi connectivity index (χ2v) is 8.16. The summed E-state index contributed by atoms with van der Waals surface area (Å²) in [5.41, 5.74) is 0.103. The van der Waals surface area contributed by atoms with Gasteiger partial charge in [-0.15, -0.1) is 0 Å². The van der Waals surface area contributed by atoms with Gasteiger partial charge in [-0.3, -0.25) is 14.9 Å². The molecule has 3 rings (SSSR count). The maximum Gasteiger partial charge on any atom is 0.416 e. The van der Waals surface area contributed by atoms with E-state index >= 15 is 0 Å². The van der Waals surface area contributed by atoms with Crippen molar-refractivity contribution in [1.29, 1.82) is 0 Å². The average Bonchev–Trinajstić information content (AvgIpc) is 2.84. The van der Waals surface area contributed by atoms with Crippen molar-refractivity contribution >= 4 is 40.5 Å². The molecule has 0 aliphatic rings. The molecule has 3 aromatic carbocycles. The molecule has 0 saturated heterocycles. The maximum absolute atomic E-state index is 12.9. The molecule has 0 radical (unpaired) electrons. The van der Waals surface area contributed by atoms with Crippen molar-refractivity contribution in [2.45, 2.75) is 25.9 Å². The number of benzene rings is 3. The van der Waals surface area contributed by atoms with Crippen LogP contribution < -0.4 is 20.7 Å². The van der Waals surface area contributed by atoms with Gasteiger partial charge in [0.2, 0.25) is 0 Å². The highest BCUT2D eigenvalue weighted by molar-refractivity contribution is 7.80. The molecule has 6 nitrogen and oxygen atoms in total. The van der Waals surface area contributed by atoms with Crippen molar-refractivity contribution in [3.63, 3.8) is 0 Å². The number of amides is 2. The molecule has 36 heavy (non-hydrogen) atoms. The number of rotatable bonds is 8. The van der Waals surface area contributed by atoms with Gasteiger partial charge in [0, 0.05) is 22.5 Å². The number of hydrogen-bond donors (Lipinski definition) is 3. The predicted octanol–water partition coefficient (Wildman–Crippen LogP) is 6.26. The number of alkyl halides is 3. The molecule has 0 bridgehead atoms. The first-order valence-corrected chi connectivity index (χ1v) is 11.5. The largest absolute Gasteiger partial charge is 0.494 e. The van der Waals surface area contributed by atoms with Crippen LogP contribution in [0.15, 0.2) is 72.8 Å². The topological polar surface area (TPSA) is 79.5 Å². The summed E-state index contributed by atoms with van der Waals surface area (Å²) in [6.45, 7) is 2.61. The molecule has 10 heteroatoms. The molecule has 0 aromatic heterocycles. The monoisotopic (exact) mass is 515 g/mol. The van der Waals surface area contributed by atoms with E-state index in [0.29, 0.717) is 23.6 Å². The summed E-state index contributed by atoms with van der Waals surface area (Å²) < 4.78 is 44.4. The van der Waals surface area contributed by atoms with Crippen molar-refractivity contribution in [2.24, 2.45) is 0 Å². The minimum Gasteiger partial charge on any atom is -0.494 e. The number of halogens is 3. The van der Waals surface area contributed by atoms with E-state index in [4.69, 9.17) is 17.0 Å². The zero-order chi connectivity index (χ0) is 26.1. The lowest BCUT2D eigenvalue weighted by molar-refractivity contribution is -0.137. The molecule has 0 unspecified atom stereocenters. The third-order valence-corrected chi connectivity index (χ3v) is 5.12. The SMILES string of the molecule is CCCCOc1cccc(C(=O)NC(=S)Nc2cccc(C(=O)Nc3cccc(C(F)(F)F)c3)c2)c1. The van der Waals surface area contributed by atoms with Crippen molar-refractivity contribution in [3.05, 3.63) is 89.5 Å². The van der Waals surface area contributed by atoms with Crippen LogP contribution in [0.5, 0.6) is 5.75 Å². The summed E-state index contributed by atoms with van der Waals surface area (Å²) in [6, 6.07) is 17.2. The number of ether oxygens (including phenoxy) is 1. The molecule has 0 heterocycles. The van der Waals surface area contributed by atoms with E-state index in [2.05, 4.69) is 22.9 Å². The molecule has 2 amide bonds. The molecule has 0 aliphatic heterocycles. The van der Waals surface area contributed by atoms with E-state index in [1.807, 2.05) is 0 Å². The third kappa shape index (κ3) is 7.81. The average molecular weight is 516 g/mol. The van der Waals surface area contributed by atoms with Crippen LogP contribution in [-0.4, -0.2) is 23.5 Å². The van der Waals surface area contributed by atoms with E-state index in [9.17, 15) is 22.8 Å². The quantitative estimate of drug-likeness (QED) is 0.244. The zero-order valence-corrected chi connectivity index (χ0v) is 20.1. The number of anilines is 2. The number of carbonyl (C=O) groups is 2. The Morgan fingerprint density at radius 3 is 2.19 bits per heavy atom. The molecule has 0 saturated carbocycles. The fourth-order valence-corrected chi connectivity index (χ4v) is 3.32. The first-order chi connectivity index (χ1) is 17.2. The van der Waals surface area contributed by atoms with E-state index in [0.717, 1.165) is 25.0 Å². The number of thiocarbonyl (C=S) groups is 1. The molecular formula is C26H24F3N3O3S. The van der Waals surface area contributed by atoms with Gasteiger partial charge in [-0.2, -0.15) is 13.2 Å².